The monoisotopic (exact) mass is 425 g/mol. The van der Waals surface area contributed by atoms with Gasteiger partial charge in [0.1, 0.15) is 0 Å². The van der Waals surface area contributed by atoms with Gasteiger partial charge in [0, 0.05) is 30.0 Å². The van der Waals surface area contributed by atoms with Gasteiger partial charge >= 0.3 is 0 Å². The fraction of sp³-hybridized carbons (Fsp3) is 0.500. The molecule has 1 saturated heterocycles. The van der Waals surface area contributed by atoms with Crippen LogP contribution in [0, 0.1) is 0 Å². The number of nitrogens with one attached hydrogen (secondary N) is 3. The maximum atomic E-state index is 12.1. The van der Waals surface area contributed by atoms with E-state index >= 15 is 0 Å². The van der Waals surface area contributed by atoms with Gasteiger partial charge in [-0.25, -0.2) is 13.1 Å². The van der Waals surface area contributed by atoms with Crippen molar-refractivity contribution in [2.24, 2.45) is 0 Å². The number of rotatable bonds is 7. The van der Waals surface area contributed by atoms with Crippen LogP contribution >= 0.6 is 28.3 Å². The fourth-order valence-corrected chi connectivity index (χ4v) is 3.90. The Morgan fingerprint density at radius 3 is 2.83 bits per heavy atom. The lowest BCUT2D eigenvalue weighted by molar-refractivity contribution is -0.121. The van der Waals surface area contributed by atoms with E-state index in [2.05, 4.69) is 31.3 Å². The normalized spacial score (nSPS) is 17.5. The van der Waals surface area contributed by atoms with Crippen molar-refractivity contribution in [3.05, 3.63) is 28.7 Å². The van der Waals surface area contributed by atoms with Crippen LogP contribution in [0.15, 0.2) is 33.6 Å². The Morgan fingerprint density at radius 1 is 1.39 bits per heavy atom. The van der Waals surface area contributed by atoms with Gasteiger partial charge in [-0.1, -0.05) is 22.0 Å². The third-order valence-electron chi connectivity index (χ3n) is 3.46. The Morgan fingerprint density at radius 2 is 2.17 bits per heavy atom. The third-order valence-corrected chi connectivity index (χ3v) is 5.41. The maximum absolute atomic E-state index is 12.1. The van der Waals surface area contributed by atoms with Crippen LogP contribution in [0.5, 0.6) is 0 Å². The van der Waals surface area contributed by atoms with E-state index in [-0.39, 0.29) is 36.2 Å². The van der Waals surface area contributed by atoms with Gasteiger partial charge in [-0.2, -0.15) is 0 Å². The van der Waals surface area contributed by atoms with Gasteiger partial charge < -0.3 is 10.6 Å². The number of carbonyl (C=O) groups excluding carboxylic acids is 1. The van der Waals surface area contributed by atoms with Crippen molar-refractivity contribution >= 4 is 44.3 Å². The van der Waals surface area contributed by atoms with Crippen LogP contribution in [-0.4, -0.2) is 40.0 Å². The first-order chi connectivity index (χ1) is 10.5. The number of benzene rings is 1. The SMILES string of the molecule is Cl.O=C(CCNS(=O)(=O)c1cccc(Br)c1)NCC1CCCN1. The molecule has 0 aromatic heterocycles. The lowest BCUT2D eigenvalue weighted by Crippen LogP contribution is -2.38. The zero-order valence-electron chi connectivity index (χ0n) is 12.5. The van der Waals surface area contributed by atoms with Gasteiger partial charge in [0.05, 0.1) is 4.90 Å². The molecule has 23 heavy (non-hydrogen) atoms. The third kappa shape index (κ3) is 6.76. The first kappa shape index (κ1) is 20.4. The van der Waals surface area contributed by atoms with Crippen molar-refractivity contribution < 1.29 is 13.2 Å². The molecule has 0 radical (unpaired) electrons. The van der Waals surface area contributed by atoms with Gasteiger partial charge in [-0.05, 0) is 37.6 Å². The Kier molecular flexibility index (Phi) is 8.49. The van der Waals surface area contributed by atoms with E-state index in [0.717, 1.165) is 19.4 Å². The minimum absolute atomic E-state index is 0. The number of hydrogen-bond acceptors (Lipinski definition) is 4. The van der Waals surface area contributed by atoms with Gasteiger partial charge in [-0.15, -0.1) is 12.4 Å². The van der Waals surface area contributed by atoms with Crippen LogP contribution in [0.25, 0.3) is 0 Å². The summed E-state index contributed by atoms with van der Waals surface area (Å²) >= 11 is 3.24. The highest BCUT2D eigenvalue weighted by molar-refractivity contribution is 9.10. The number of carbonyl (C=O) groups is 1. The summed E-state index contributed by atoms with van der Waals surface area (Å²) in [4.78, 5) is 11.9. The van der Waals surface area contributed by atoms with E-state index in [9.17, 15) is 13.2 Å². The summed E-state index contributed by atoms with van der Waals surface area (Å²) in [5.41, 5.74) is 0. The largest absolute Gasteiger partial charge is 0.354 e. The zero-order chi connectivity index (χ0) is 16.0. The van der Waals surface area contributed by atoms with Gasteiger partial charge in [0.2, 0.25) is 15.9 Å². The number of amides is 1. The highest BCUT2D eigenvalue weighted by Crippen LogP contribution is 2.15. The van der Waals surface area contributed by atoms with Crippen LogP contribution in [-0.2, 0) is 14.8 Å². The maximum Gasteiger partial charge on any atom is 0.240 e. The Labute approximate surface area is 151 Å². The predicted octanol–water partition coefficient (Wildman–Crippen LogP) is 1.41. The molecule has 1 atom stereocenters. The molecule has 1 aromatic rings. The molecule has 1 amide bonds. The standard InChI is InChI=1S/C14H20BrN3O3S.ClH/c15-11-3-1-5-13(9-11)22(20,21)18-8-6-14(19)17-10-12-4-2-7-16-12;/h1,3,5,9,12,16,18H,2,4,6-8,10H2,(H,17,19);1H. The van der Waals surface area contributed by atoms with E-state index in [0.29, 0.717) is 17.1 Å². The molecule has 3 N–H and O–H groups in total. The van der Waals surface area contributed by atoms with Crippen LogP contribution in [0.3, 0.4) is 0 Å². The first-order valence-electron chi connectivity index (χ1n) is 7.23. The molecule has 0 bridgehead atoms. The molecule has 0 saturated carbocycles. The molecular formula is C14H21BrClN3O3S. The molecule has 1 aromatic carbocycles. The van der Waals surface area contributed by atoms with Crippen LogP contribution < -0.4 is 15.4 Å². The highest BCUT2D eigenvalue weighted by atomic mass is 79.9. The average molecular weight is 427 g/mol. The number of hydrogen-bond donors (Lipinski definition) is 3. The van der Waals surface area contributed by atoms with Gasteiger partial charge in [0.25, 0.3) is 0 Å². The summed E-state index contributed by atoms with van der Waals surface area (Å²) in [5.74, 6) is -0.148. The first-order valence-corrected chi connectivity index (χ1v) is 9.50. The summed E-state index contributed by atoms with van der Waals surface area (Å²) in [6.45, 7) is 1.67. The molecular weight excluding hydrogens is 406 g/mol. The Hall–Kier alpha value is -0.670. The molecule has 2 rings (SSSR count). The van der Waals surface area contributed by atoms with Crippen LogP contribution in [0.4, 0.5) is 0 Å². The van der Waals surface area contributed by atoms with Crippen molar-refractivity contribution in [1.29, 1.82) is 0 Å². The number of halogens is 2. The lowest BCUT2D eigenvalue weighted by Gasteiger charge is -2.11. The summed E-state index contributed by atoms with van der Waals surface area (Å²) in [6.07, 6.45) is 2.32. The van der Waals surface area contributed by atoms with Crippen molar-refractivity contribution in [3.8, 4) is 0 Å². The van der Waals surface area contributed by atoms with E-state index in [1.807, 2.05) is 0 Å². The van der Waals surface area contributed by atoms with E-state index in [1.54, 1.807) is 12.1 Å². The smallest absolute Gasteiger partial charge is 0.240 e. The molecule has 1 aliphatic heterocycles. The Balaban J connectivity index is 0.00000264. The molecule has 0 aliphatic carbocycles. The fourth-order valence-electron chi connectivity index (χ4n) is 2.27. The zero-order valence-corrected chi connectivity index (χ0v) is 15.8. The van der Waals surface area contributed by atoms with E-state index < -0.39 is 10.0 Å². The van der Waals surface area contributed by atoms with Crippen molar-refractivity contribution in [2.75, 3.05) is 19.6 Å². The molecule has 130 valence electrons. The molecule has 9 heteroatoms. The summed E-state index contributed by atoms with van der Waals surface area (Å²) < 4.78 is 27.2. The topological polar surface area (TPSA) is 87.3 Å². The van der Waals surface area contributed by atoms with Gasteiger partial charge in [0.15, 0.2) is 0 Å². The molecule has 1 unspecified atom stereocenters. The molecule has 1 heterocycles. The summed E-state index contributed by atoms with van der Waals surface area (Å²) in [5, 5.41) is 6.10. The summed E-state index contributed by atoms with van der Waals surface area (Å²) in [6, 6.07) is 6.78. The van der Waals surface area contributed by atoms with E-state index in [4.69, 9.17) is 0 Å². The average Bonchev–Trinajstić information content (AvgIpc) is 2.98. The van der Waals surface area contributed by atoms with Gasteiger partial charge in [-0.3, -0.25) is 4.79 Å². The minimum Gasteiger partial charge on any atom is -0.354 e. The second-order valence-corrected chi connectivity index (χ2v) is 7.89. The van der Waals surface area contributed by atoms with Crippen LogP contribution in [0.2, 0.25) is 0 Å². The second-order valence-electron chi connectivity index (χ2n) is 5.20. The molecule has 6 nitrogen and oxygen atoms in total. The van der Waals surface area contributed by atoms with Crippen molar-refractivity contribution in [2.45, 2.75) is 30.2 Å². The van der Waals surface area contributed by atoms with Crippen molar-refractivity contribution in [3.63, 3.8) is 0 Å². The molecule has 0 spiro atoms. The quantitative estimate of drug-likeness (QED) is 0.615. The second kappa shape index (κ2) is 9.58. The predicted molar refractivity (Wildman–Crippen MR) is 95.2 cm³/mol. The number of sulfonamides is 1. The molecule has 1 fully saturated rings. The lowest BCUT2D eigenvalue weighted by atomic mass is 10.2. The van der Waals surface area contributed by atoms with Crippen molar-refractivity contribution in [1.82, 2.24) is 15.4 Å². The Bertz CT molecular complexity index is 621. The van der Waals surface area contributed by atoms with Crippen LogP contribution in [0.1, 0.15) is 19.3 Å². The highest BCUT2D eigenvalue weighted by Gasteiger charge is 2.16. The summed E-state index contributed by atoms with van der Waals surface area (Å²) in [7, 11) is -3.58. The van der Waals surface area contributed by atoms with E-state index in [1.165, 1.54) is 12.1 Å². The minimum atomic E-state index is -3.58. The molecule has 1 aliphatic rings.